The van der Waals surface area contributed by atoms with Crippen LogP contribution in [-0.2, 0) is 6.54 Å². The molecular formula is C21H24N8. The average Bonchev–Trinajstić information content (AvgIpc) is 3.30. The summed E-state index contributed by atoms with van der Waals surface area (Å²) >= 11 is 0. The molecule has 0 radical (unpaired) electrons. The maximum Gasteiger partial charge on any atom is 0.176 e. The number of aromatic nitrogens is 6. The van der Waals surface area contributed by atoms with Gasteiger partial charge in [0, 0.05) is 50.8 Å². The first-order chi connectivity index (χ1) is 14.2. The zero-order chi connectivity index (χ0) is 19.8. The second kappa shape index (κ2) is 7.29. The molecule has 5 rings (SSSR count). The number of hydrogen-bond donors (Lipinski definition) is 0. The third-order valence-electron chi connectivity index (χ3n) is 5.36. The van der Waals surface area contributed by atoms with Crippen molar-refractivity contribution in [3.8, 4) is 5.82 Å². The lowest BCUT2D eigenvalue weighted by molar-refractivity contribution is 0.247. The topological polar surface area (TPSA) is 67.4 Å². The van der Waals surface area contributed by atoms with Gasteiger partial charge in [-0.1, -0.05) is 6.07 Å². The Balaban J connectivity index is 1.21. The van der Waals surface area contributed by atoms with E-state index in [1.54, 1.807) is 0 Å². The van der Waals surface area contributed by atoms with E-state index >= 15 is 0 Å². The number of aryl methyl sites for hydroxylation is 2. The Labute approximate surface area is 169 Å². The highest BCUT2D eigenvalue weighted by Crippen LogP contribution is 2.16. The predicted octanol–water partition coefficient (Wildman–Crippen LogP) is 2.25. The van der Waals surface area contributed by atoms with Crippen molar-refractivity contribution < 1.29 is 0 Å². The predicted molar refractivity (Wildman–Crippen MR) is 111 cm³/mol. The third-order valence-corrected chi connectivity index (χ3v) is 5.36. The first-order valence-corrected chi connectivity index (χ1v) is 9.93. The van der Waals surface area contributed by atoms with Gasteiger partial charge < -0.3 is 9.30 Å². The lowest BCUT2D eigenvalue weighted by Gasteiger charge is -2.34. The number of piperazine rings is 1. The summed E-state index contributed by atoms with van der Waals surface area (Å²) in [5.74, 6) is 1.67. The highest BCUT2D eigenvalue weighted by Gasteiger charge is 2.19. The van der Waals surface area contributed by atoms with E-state index in [9.17, 15) is 0 Å². The van der Waals surface area contributed by atoms with E-state index in [4.69, 9.17) is 4.98 Å². The molecule has 0 amide bonds. The molecule has 8 nitrogen and oxygen atoms in total. The lowest BCUT2D eigenvalue weighted by atomic mass is 10.3. The SMILES string of the molecule is Cc1cc(C)n(-c2ccc(N3CCN(Cc4cn5ccccc5n4)CC3)nn2)n1. The highest BCUT2D eigenvalue weighted by molar-refractivity contribution is 5.41. The molecule has 0 atom stereocenters. The molecule has 29 heavy (non-hydrogen) atoms. The molecule has 1 saturated heterocycles. The Bertz CT molecular complexity index is 1090. The molecule has 8 heteroatoms. The largest absolute Gasteiger partial charge is 0.353 e. The Morgan fingerprint density at radius 2 is 1.72 bits per heavy atom. The molecule has 0 aliphatic carbocycles. The maximum atomic E-state index is 4.71. The van der Waals surface area contributed by atoms with Crippen molar-refractivity contribution in [2.75, 3.05) is 31.1 Å². The smallest absolute Gasteiger partial charge is 0.176 e. The molecule has 0 spiro atoms. The summed E-state index contributed by atoms with van der Waals surface area (Å²) in [4.78, 5) is 9.44. The minimum absolute atomic E-state index is 0.754. The summed E-state index contributed by atoms with van der Waals surface area (Å²) < 4.78 is 3.91. The zero-order valence-electron chi connectivity index (χ0n) is 16.7. The van der Waals surface area contributed by atoms with Gasteiger partial charge in [-0.25, -0.2) is 9.67 Å². The van der Waals surface area contributed by atoms with Crippen molar-refractivity contribution in [1.82, 2.24) is 34.3 Å². The molecule has 1 aliphatic heterocycles. The zero-order valence-corrected chi connectivity index (χ0v) is 16.7. The summed E-state index contributed by atoms with van der Waals surface area (Å²) in [6.07, 6.45) is 4.16. The molecule has 0 aromatic carbocycles. The van der Waals surface area contributed by atoms with Gasteiger partial charge >= 0.3 is 0 Å². The highest BCUT2D eigenvalue weighted by atomic mass is 15.4. The molecule has 0 bridgehead atoms. The van der Waals surface area contributed by atoms with Crippen LogP contribution < -0.4 is 4.90 Å². The number of fused-ring (bicyclic) bond motifs is 1. The van der Waals surface area contributed by atoms with E-state index in [-0.39, 0.29) is 0 Å². The Hall–Kier alpha value is -3.26. The van der Waals surface area contributed by atoms with Gasteiger partial charge in [-0.05, 0) is 44.2 Å². The maximum absolute atomic E-state index is 4.71. The van der Waals surface area contributed by atoms with Gasteiger partial charge in [0.05, 0.1) is 11.4 Å². The molecule has 1 fully saturated rings. The van der Waals surface area contributed by atoms with Crippen LogP contribution in [0.15, 0.2) is 48.8 Å². The first kappa shape index (κ1) is 17.8. The van der Waals surface area contributed by atoms with Gasteiger partial charge in [-0.3, -0.25) is 4.90 Å². The number of rotatable bonds is 4. The van der Waals surface area contributed by atoms with Crippen LogP contribution in [0.4, 0.5) is 5.82 Å². The van der Waals surface area contributed by atoms with Gasteiger partial charge in [-0.15, -0.1) is 10.2 Å². The van der Waals surface area contributed by atoms with Crippen molar-refractivity contribution in [1.29, 1.82) is 0 Å². The molecule has 4 aromatic heterocycles. The summed E-state index contributed by atoms with van der Waals surface area (Å²) in [6, 6.07) is 12.2. The van der Waals surface area contributed by atoms with Crippen LogP contribution in [0.5, 0.6) is 0 Å². The van der Waals surface area contributed by atoms with E-state index in [1.807, 2.05) is 61.1 Å². The van der Waals surface area contributed by atoms with Crippen LogP contribution in [-0.4, -0.2) is 60.4 Å². The Kier molecular flexibility index (Phi) is 4.48. The standard InChI is InChI=1S/C21H24N8/c1-16-13-17(2)29(25-16)21-7-6-20(23-24-21)27-11-9-26(10-12-27)14-18-15-28-8-4-3-5-19(28)22-18/h3-8,13,15H,9-12,14H2,1-2H3. The third kappa shape index (κ3) is 3.58. The minimum Gasteiger partial charge on any atom is -0.353 e. The fourth-order valence-corrected chi connectivity index (χ4v) is 3.89. The van der Waals surface area contributed by atoms with Gasteiger partial charge in [0.1, 0.15) is 5.65 Å². The molecule has 5 heterocycles. The second-order valence-corrected chi connectivity index (χ2v) is 7.55. The molecule has 4 aromatic rings. The summed E-state index contributed by atoms with van der Waals surface area (Å²) in [5.41, 5.74) is 4.15. The van der Waals surface area contributed by atoms with Crippen LogP contribution in [0, 0.1) is 13.8 Å². The second-order valence-electron chi connectivity index (χ2n) is 7.55. The Morgan fingerprint density at radius 1 is 0.931 bits per heavy atom. The average molecular weight is 388 g/mol. The minimum atomic E-state index is 0.754. The van der Waals surface area contributed by atoms with Crippen molar-refractivity contribution in [2.45, 2.75) is 20.4 Å². The number of hydrogen-bond acceptors (Lipinski definition) is 6. The van der Waals surface area contributed by atoms with Crippen molar-refractivity contribution >= 4 is 11.5 Å². The number of nitrogens with zero attached hydrogens (tertiary/aromatic N) is 8. The van der Waals surface area contributed by atoms with E-state index in [0.717, 1.165) is 67.1 Å². The molecule has 148 valence electrons. The van der Waals surface area contributed by atoms with Crippen LogP contribution in [0.25, 0.3) is 11.5 Å². The van der Waals surface area contributed by atoms with Crippen molar-refractivity contribution in [3.05, 3.63) is 65.9 Å². The molecule has 0 N–H and O–H groups in total. The summed E-state index contributed by atoms with van der Waals surface area (Å²) in [5, 5.41) is 13.3. The summed E-state index contributed by atoms with van der Waals surface area (Å²) in [7, 11) is 0. The van der Waals surface area contributed by atoms with Gasteiger partial charge in [0.15, 0.2) is 11.6 Å². The molecular weight excluding hydrogens is 364 g/mol. The van der Waals surface area contributed by atoms with Gasteiger partial charge in [-0.2, -0.15) is 5.10 Å². The van der Waals surface area contributed by atoms with Crippen molar-refractivity contribution in [3.63, 3.8) is 0 Å². The van der Waals surface area contributed by atoms with Gasteiger partial charge in [0.25, 0.3) is 0 Å². The molecule has 0 saturated carbocycles. The van der Waals surface area contributed by atoms with Gasteiger partial charge in [0.2, 0.25) is 0 Å². The fourth-order valence-electron chi connectivity index (χ4n) is 3.89. The number of pyridine rings is 1. The van der Waals surface area contributed by atoms with Crippen LogP contribution in [0.2, 0.25) is 0 Å². The van der Waals surface area contributed by atoms with Crippen LogP contribution >= 0.6 is 0 Å². The van der Waals surface area contributed by atoms with Crippen molar-refractivity contribution in [2.24, 2.45) is 0 Å². The quantitative estimate of drug-likeness (QED) is 0.534. The lowest BCUT2D eigenvalue weighted by Crippen LogP contribution is -2.46. The number of anilines is 1. The van der Waals surface area contributed by atoms with Crippen LogP contribution in [0.1, 0.15) is 17.1 Å². The van der Waals surface area contributed by atoms with Crippen LogP contribution in [0.3, 0.4) is 0 Å². The fraction of sp³-hybridized carbons (Fsp3) is 0.333. The first-order valence-electron chi connectivity index (χ1n) is 9.93. The normalized spacial score (nSPS) is 15.3. The van der Waals surface area contributed by atoms with E-state index in [0.29, 0.717) is 0 Å². The Morgan fingerprint density at radius 3 is 2.41 bits per heavy atom. The molecule has 1 aliphatic rings. The number of imidazole rings is 1. The van der Waals surface area contributed by atoms with E-state index in [2.05, 4.69) is 35.7 Å². The molecule has 0 unspecified atom stereocenters. The van der Waals surface area contributed by atoms with E-state index < -0.39 is 0 Å². The monoisotopic (exact) mass is 388 g/mol. The summed E-state index contributed by atoms with van der Waals surface area (Å²) in [6.45, 7) is 8.71. The van der Waals surface area contributed by atoms with E-state index in [1.165, 1.54) is 0 Å².